The van der Waals surface area contributed by atoms with Crippen molar-refractivity contribution in [2.24, 2.45) is 0 Å². The third-order valence-electron chi connectivity index (χ3n) is 5.28. The van der Waals surface area contributed by atoms with Crippen molar-refractivity contribution in [3.05, 3.63) is 53.8 Å². The van der Waals surface area contributed by atoms with Gasteiger partial charge in [0.05, 0.1) is 10.6 Å². The molecular formula is C19H20BFN2O4S. The number of fused-ring (bicyclic) bond motifs is 1. The van der Waals surface area contributed by atoms with E-state index in [1.165, 1.54) is 16.4 Å². The largest absolute Gasteiger partial charge is 0.444 e. The molecule has 28 heavy (non-hydrogen) atoms. The van der Waals surface area contributed by atoms with Gasteiger partial charge < -0.3 is 4.74 Å². The first kappa shape index (κ1) is 19.0. The lowest BCUT2D eigenvalue weighted by Gasteiger charge is -2.39. The zero-order chi connectivity index (χ0) is 19.9. The van der Waals surface area contributed by atoms with Gasteiger partial charge in [-0.15, -0.1) is 0 Å². The molecule has 0 spiro atoms. The van der Waals surface area contributed by atoms with Gasteiger partial charge in [0, 0.05) is 24.7 Å². The van der Waals surface area contributed by atoms with Crippen LogP contribution in [0.2, 0.25) is 0 Å². The number of carbonyl (C=O) groups excluding carboxylic acids is 1. The summed E-state index contributed by atoms with van der Waals surface area (Å²) in [6.45, 7) is 0.828. The number of halogens is 1. The van der Waals surface area contributed by atoms with Crippen molar-refractivity contribution >= 4 is 35.1 Å². The van der Waals surface area contributed by atoms with E-state index in [1.54, 1.807) is 4.90 Å². The Morgan fingerprint density at radius 2 is 1.75 bits per heavy atom. The van der Waals surface area contributed by atoms with Crippen molar-refractivity contribution in [2.75, 3.05) is 18.0 Å². The van der Waals surface area contributed by atoms with Crippen LogP contribution in [0.4, 0.5) is 14.9 Å². The molecule has 4 rings (SSSR count). The molecule has 0 bridgehead atoms. The zero-order valence-corrected chi connectivity index (χ0v) is 16.3. The van der Waals surface area contributed by atoms with Gasteiger partial charge in [0.1, 0.15) is 20.3 Å². The van der Waals surface area contributed by atoms with E-state index in [0.717, 1.165) is 28.8 Å². The number of amides is 1. The molecule has 1 amide bonds. The standard InChI is InChI=1S/C19H20BFN2O4S/c20-14-1-6-18-13(11-14)12-27-19(24)23(18)16-7-9-22(10-8-16)28(25,26)17-4-2-15(21)3-5-17/h1-6,11,16H,7-10,12,20H2. The van der Waals surface area contributed by atoms with E-state index in [1.807, 2.05) is 26.0 Å². The quantitative estimate of drug-likeness (QED) is 0.728. The topological polar surface area (TPSA) is 66.9 Å². The van der Waals surface area contributed by atoms with Gasteiger partial charge in [0.15, 0.2) is 0 Å². The lowest BCUT2D eigenvalue weighted by Crippen LogP contribution is -2.50. The molecule has 2 aliphatic heterocycles. The van der Waals surface area contributed by atoms with E-state index in [4.69, 9.17) is 4.74 Å². The number of nitrogens with zero attached hydrogens (tertiary/aromatic N) is 2. The summed E-state index contributed by atoms with van der Waals surface area (Å²) < 4.78 is 45.4. The van der Waals surface area contributed by atoms with E-state index >= 15 is 0 Å². The lowest BCUT2D eigenvalue weighted by atomic mass is 9.92. The maximum Gasteiger partial charge on any atom is 0.414 e. The fourth-order valence-corrected chi connectivity index (χ4v) is 5.28. The van der Waals surface area contributed by atoms with Gasteiger partial charge >= 0.3 is 6.09 Å². The number of anilines is 1. The molecule has 146 valence electrons. The number of rotatable bonds is 3. The normalized spacial score (nSPS) is 18.6. The highest BCUT2D eigenvalue weighted by Crippen LogP contribution is 2.32. The van der Waals surface area contributed by atoms with Crippen molar-refractivity contribution < 1.29 is 22.3 Å². The molecule has 2 aromatic rings. The van der Waals surface area contributed by atoms with Gasteiger partial charge in [-0.3, -0.25) is 4.90 Å². The van der Waals surface area contributed by atoms with Crippen LogP contribution in [0, 0.1) is 5.82 Å². The molecule has 0 radical (unpaired) electrons. The Morgan fingerprint density at radius 1 is 1.07 bits per heavy atom. The summed E-state index contributed by atoms with van der Waals surface area (Å²) in [4.78, 5) is 14.1. The second-order valence-electron chi connectivity index (χ2n) is 7.15. The van der Waals surface area contributed by atoms with Crippen LogP contribution in [0.15, 0.2) is 47.4 Å². The van der Waals surface area contributed by atoms with E-state index in [-0.39, 0.29) is 30.6 Å². The molecular weight excluding hydrogens is 382 g/mol. The van der Waals surface area contributed by atoms with Crippen molar-refractivity contribution in [2.45, 2.75) is 30.4 Å². The van der Waals surface area contributed by atoms with Crippen LogP contribution in [0.5, 0.6) is 0 Å². The predicted molar refractivity (Wildman–Crippen MR) is 105 cm³/mol. The van der Waals surface area contributed by atoms with Crippen LogP contribution >= 0.6 is 0 Å². The first-order valence-electron chi connectivity index (χ1n) is 9.17. The van der Waals surface area contributed by atoms with Crippen LogP contribution in [0.3, 0.4) is 0 Å². The van der Waals surface area contributed by atoms with Gasteiger partial charge in [-0.1, -0.05) is 17.6 Å². The Labute approximate surface area is 164 Å². The van der Waals surface area contributed by atoms with Crippen molar-refractivity contribution in [3.63, 3.8) is 0 Å². The highest BCUT2D eigenvalue weighted by molar-refractivity contribution is 7.89. The zero-order valence-electron chi connectivity index (χ0n) is 15.5. The van der Waals surface area contributed by atoms with Crippen LogP contribution < -0.4 is 10.4 Å². The molecule has 2 heterocycles. The maximum atomic E-state index is 13.1. The Morgan fingerprint density at radius 3 is 2.43 bits per heavy atom. The van der Waals surface area contributed by atoms with Crippen LogP contribution in [0.1, 0.15) is 18.4 Å². The van der Waals surface area contributed by atoms with Crippen molar-refractivity contribution in [1.82, 2.24) is 4.31 Å². The molecule has 0 unspecified atom stereocenters. The monoisotopic (exact) mass is 402 g/mol. The summed E-state index contributed by atoms with van der Waals surface area (Å²) in [5.41, 5.74) is 2.89. The predicted octanol–water partition coefficient (Wildman–Crippen LogP) is 1.39. The fourth-order valence-electron chi connectivity index (χ4n) is 3.81. The Bertz CT molecular complexity index is 1010. The molecule has 0 aliphatic carbocycles. The molecule has 2 aliphatic rings. The summed E-state index contributed by atoms with van der Waals surface area (Å²) in [5.74, 6) is -0.477. The van der Waals surface area contributed by atoms with Crippen LogP contribution in [0.25, 0.3) is 0 Å². The van der Waals surface area contributed by atoms with Crippen molar-refractivity contribution in [1.29, 1.82) is 0 Å². The number of hydrogen-bond acceptors (Lipinski definition) is 4. The number of cyclic esters (lactones) is 1. The molecule has 1 fully saturated rings. The van der Waals surface area contributed by atoms with Gasteiger partial charge in [-0.05, 0) is 43.2 Å². The third kappa shape index (κ3) is 3.40. The molecule has 6 nitrogen and oxygen atoms in total. The number of piperidine rings is 1. The summed E-state index contributed by atoms with van der Waals surface area (Å²) in [6.07, 6.45) is 0.613. The number of carbonyl (C=O) groups is 1. The van der Waals surface area contributed by atoms with Gasteiger partial charge in [0.25, 0.3) is 0 Å². The number of sulfonamides is 1. The number of hydrogen-bond donors (Lipinski definition) is 0. The minimum absolute atomic E-state index is 0.0746. The third-order valence-corrected chi connectivity index (χ3v) is 7.20. The SMILES string of the molecule is Bc1ccc2c(c1)COC(=O)N2C1CCN(S(=O)(=O)c2ccc(F)cc2)CC1. The summed E-state index contributed by atoms with van der Waals surface area (Å²) in [6, 6.07) is 10.6. The second kappa shape index (κ2) is 7.22. The van der Waals surface area contributed by atoms with E-state index in [0.29, 0.717) is 12.8 Å². The molecule has 0 N–H and O–H groups in total. The average Bonchev–Trinajstić information content (AvgIpc) is 2.68. The van der Waals surface area contributed by atoms with Crippen LogP contribution in [-0.4, -0.2) is 45.8 Å². The second-order valence-corrected chi connectivity index (χ2v) is 9.08. The van der Waals surface area contributed by atoms with Gasteiger partial charge in [-0.25, -0.2) is 17.6 Å². The van der Waals surface area contributed by atoms with Crippen LogP contribution in [-0.2, 0) is 21.4 Å². The Kier molecular flexibility index (Phi) is 4.88. The Balaban J connectivity index is 1.52. The minimum Gasteiger partial charge on any atom is -0.444 e. The Hall–Kier alpha value is -2.39. The number of benzene rings is 2. The molecule has 2 aromatic carbocycles. The van der Waals surface area contributed by atoms with E-state index in [9.17, 15) is 17.6 Å². The summed E-state index contributed by atoms with van der Waals surface area (Å²) >= 11 is 0. The number of ether oxygens (including phenoxy) is 1. The van der Waals surface area contributed by atoms with Gasteiger partial charge in [-0.2, -0.15) is 4.31 Å². The average molecular weight is 402 g/mol. The smallest absolute Gasteiger partial charge is 0.414 e. The highest BCUT2D eigenvalue weighted by Gasteiger charge is 2.37. The van der Waals surface area contributed by atoms with Crippen molar-refractivity contribution in [3.8, 4) is 0 Å². The minimum atomic E-state index is -3.68. The molecule has 1 saturated heterocycles. The van der Waals surface area contributed by atoms with E-state index in [2.05, 4.69) is 0 Å². The summed E-state index contributed by atoms with van der Waals surface area (Å²) in [5, 5.41) is 0. The molecule has 9 heteroatoms. The first-order valence-corrected chi connectivity index (χ1v) is 10.6. The fraction of sp³-hybridized carbons (Fsp3) is 0.316. The first-order chi connectivity index (χ1) is 13.4. The molecule has 0 saturated carbocycles. The molecule has 0 atom stereocenters. The van der Waals surface area contributed by atoms with Gasteiger partial charge in [0.2, 0.25) is 10.0 Å². The summed E-state index contributed by atoms with van der Waals surface area (Å²) in [7, 11) is -1.69. The molecule has 0 aromatic heterocycles. The van der Waals surface area contributed by atoms with E-state index < -0.39 is 21.9 Å². The highest BCUT2D eigenvalue weighted by atomic mass is 32.2. The maximum absolute atomic E-state index is 13.1. The lowest BCUT2D eigenvalue weighted by molar-refractivity contribution is 0.136.